The van der Waals surface area contributed by atoms with Crippen molar-refractivity contribution in [3.05, 3.63) is 35.6 Å². The molecule has 0 aliphatic rings. The summed E-state index contributed by atoms with van der Waals surface area (Å²) in [5.41, 5.74) is 0.118. The van der Waals surface area contributed by atoms with Gasteiger partial charge in [0.05, 0.1) is 5.56 Å². The minimum Gasteiger partial charge on any atom is -0.352 e. The summed E-state index contributed by atoms with van der Waals surface area (Å²) < 4.78 is 14.2. The number of benzene rings is 1. The Bertz CT molecular complexity index is 330. The van der Waals surface area contributed by atoms with Gasteiger partial charge in [-0.05, 0) is 29.4 Å². The van der Waals surface area contributed by atoms with Crippen molar-refractivity contribution in [3.63, 3.8) is 0 Å². The van der Waals surface area contributed by atoms with Gasteiger partial charge in [-0.15, -0.1) is 0 Å². The van der Waals surface area contributed by atoms with E-state index in [1.807, 2.05) is 0 Å². The molecule has 0 saturated carbocycles. The summed E-state index contributed by atoms with van der Waals surface area (Å²) in [5.74, 6) is -0.801. The lowest BCUT2D eigenvalue weighted by molar-refractivity contribution is 0.0949. The second-order valence-electron chi connectivity index (χ2n) is 3.13. The number of carbonyl (C=O) groups excluding carboxylic acids is 1. The van der Waals surface area contributed by atoms with Crippen molar-refractivity contribution in [1.82, 2.24) is 5.32 Å². The average molecular weight is 321 g/mol. The van der Waals surface area contributed by atoms with Crippen LogP contribution in [0.1, 0.15) is 23.2 Å². The Morgan fingerprint density at radius 2 is 2.07 bits per heavy atom. The number of hydrogen-bond donors (Lipinski definition) is 1. The van der Waals surface area contributed by atoms with Gasteiger partial charge in [0.2, 0.25) is 0 Å². The fourth-order valence-corrected chi connectivity index (χ4v) is 1.70. The fraction of sp³-hybridized carbons (Fsp3) is 0.364. The molecular weight excluding hydrogens is 308 g/mol. The molecule has 0 fully saturated rings. The first-order valence-electron chi connectivity index (χ1n) is 4.84. The molecule has 1 aromatic rings. The third-order valence-electron chi connectivity index (χ3n) is 1.96. The molecule has 82 valence electrons. The predicted octanol–water partition coefficient (Wildman–Crippen LogP) is 2.77. The smallest absolute Gasteiger partial charge is 0.254 e. The van der Waals surface area contributed by atoms with E-state index < -0.39 is 5.82 Å². The first kappa shape index (κ1) is 12.4. The molecule has 1 amide bonds. The Labute approximate surface area is 102 Å². The maximum Gasteiger partial charge on any atom is 0.254 e. The zero-order valence-corrected chi connectivity index (χ0v) is 10.5. The van der Waals surface area contributed by atoms with Crippen LogP contribution in [-0.2, 0) is 0 Å². The molecule has 1 N–H and O–H groups in total. The first-order valence-corrected chi connectivity index (χ1v) is 6.37. The van der Waals surface area contributed by atoms with Crippen molar-refractivity contribution in [2.24, 2.45) is 0 Å². The number of unbranched alkanes of at least 4 members (excludes halogenated alkanes) is 1. The molecule has 15 heavy (non-hydrogen) atoms. The summed E-state index contributed by atoms with van der Waals surface area (Å²) in [4.78, 5) is 11.5. The molecule has 0 heterocycles. The van der Waals surface area contributed by atoms with Crippen LogP contribution in [0.25, 0.3) is 0 Å². The Balaban J connectivity index is 2.44. The van der Waals surface area contributed by atoms with Gasteiger partial charge >= 0.3 is 0 Å². The number of hydrogen-bond acceptors (Lipinski definition) is 1. The molecule has 0 aromatic heterocycles. The van der Waals surface area contributed by atoms with E-state index >= 15 is 0 Å². The predicted molar refractivity (Wildman–Crippen MR) is 66.9 cm³/mol. The molecule has 0 saturated heterocycles. The van der Waals surface area contributed by atoms with E-state index in [0.717, 1.165) is 17.3 Å². The standard InChI is InChI=1S/C11H13FINO/c12-10-6-2-1-5-9(10)11(15)14-8-4-3-7-13/h1-2,5-6H,3-4,7-8H2,(H,14,15). The molecule has 4 heteroatoms. The van der Waals surface area contributed by atoms with Crippen LogP contribution in [0.4, 0.5) is 4.39 Å². The third-order valence-corrected chi connectivity index (χ3v) is 2.73. The quantitative estimate of drug-likeness (QED) is 0.504. The summed E-state index contributed by atoms with van der Waals surface area (Å²) in [6.45, 7) is 0.607. The highest BCUT2D eigenvalue weighted by molar-refractivity contribution is 14.1. The van der Waals surface area contributed by atoms with Crippen molar-refractivity contribution in [1.29, 1.82) is 0 Å². The van der Waals surface area contributed by atoms with Gasteiger partial charge in [-0.2, -0.15) is 0 Å². The number of halogens is 2. The number of nitrogens with one attached hydrogen (secondary N) is 1. The lowest BCUT2D eigenvalue weighted by Gasteiger charge is -2.04. The molecule has 0 spiro atoms. The van der Waals surface area contributed by atoms with Crippen LogP contribution in [0, 0.1) is 5.82 Å². The van der Waals surface area contributed by atoms with Crippen LogP contribution in [0.2, 0.25) is 0 Å². The highest BCUT2D eigenvalue weighted by Gasteiger charge is 2.08. The lowest BCUT2D eigenvalue weighted by atomic mass is 10.2. The third kappa shape index (κ3) is 4.15. The van der Waals surface area contributed by atoms with Gasteiger partial charge in [0, 0.05) is 6.54 Å². The molecule has 0 bridgehead atoms. The van der Waals surface area contributed by atoms with E-state index in [1.165, 1.54) is 12.1 Å². The van der Waals surface area contributed by atoms with E-state index in [4.69, 9.17) is 0 Å². The van der Waals surface area contributed by atoms with Crippen molar-refractivity contribution in [2.75, 3.05) is 11.0 Å². The van der Waals surface area contributed by atoms with Crippen LogP contribution in [0.15, 0.2) is 24.3 Å². The van der Waals surface area contributed by atoms with Gasteiger partial charge < -0.3 is 5.32 Å². The van der Waals surface area contributed by atoms with Crippen molar-refractivity contribution < 1.29 is 9.18 Å². The fourth-order valence-electron chi connectivity index (χ4n) is 1.16. The molecule has 1 aromatic carbocycles. The maximum absolute atomic E-state index is 13.2. The highest BCUT2D eigenvalue weighted by Crippen LogP contribution is 2.05. The topological polar surface area (TPSA) is 29.1 Å². The number of alkyl halides is 1. The van der Waals surface area contributed by atoms with Gasteiger partial charge in [-0.25, -0.2) is 4.39 Å². The highest BCUT2D eigenvalue weighted by atomic mass is 127. The van der Waals surface area contributed by atoms with Crippen molar-refractivity contribution >= 4 is 28.5 Å². The van der Waals surface area contributed by atoms with Crippen LogP contribution < -0.4 is 5.32 Å². The Kier molecular flexibility index (Phi) is 5.60. The summed E-state index contributed by atoms with van der Waals surface area (Å²) in [6, 6.07) is 6.01. The monoisotopic (exact) mass is 321 g/mol. The van der Waals surface area contributed by atoms with Crippen LogP contribution in [0.3, 0.4) is 0 Å². The average Bonchev–Trinajstić information content (AvgIpc) is 2.25. The van der Waals surface area contributed by atoms with Gasteiger partial charge in [0.1, 0.15) is 5.82 Å². The molecule has 0 atom stereocenters. The number of amides is 1. The van der Waals surface area contributed by atoms with Gasteiger partial charge in [-0.1, -0.05) is 34.7 Å². The van der Waals surface area contributed by atoms with Crippen LogP contribution in [-0.4, -0.2) is 16.9 Å². The second kappa shape index (κ2) is 6.76. The molecule has 0 aliphatic carbocycles. The molecule has 2 nitrogen and oxygen atoms in total. The maximum atomic E-state index is 13.2. The number of carbonyl (C=O) groups is 1. The second-order valence-corrected chi connectivity index (χ2v) is 4.21. The van der Waals surface area contributed by atoms with E-state index in [-0.39, 0.29) is 11.5 Å². The molecule has 1 rings (SSSR count). The zero-order chi connectivity index (χ0) is 11.1. The van der Waals surface area contributed by atoms with Crippen LogP contribution in [0.5, 0.6) is 0 Å². The van der Waals surface area contributed by atoms with Gasteiger partial charge in [-0.3, -0.25) is 4.79 Å². The summed E-state index contributed by atoms with van der Waals surface area (Å²) >= 11 is 2.29. The minimum absolute atomic E-state index is 0.118. The molecular formula is C11H13FINO. The summed E-state index contributed by atoms with van der Waals surface area (Å²) in [6.07, 6.45) is 2.00. The van der Waals surface area contributed by atoms with Crippen molar-refractivity contribution in [2.45, 2.75) is 12.8 Å². The number of rotatable bonds is 5. The minimum atomic E-state index is -0.469. The van der Waals surface area contributed by atoms with Gasteiger partial charge in [0.25, 0.3) is 5.91 Å². The largest absolute Gasteiger partial charge is 0.352 e. The van der Waals surface area contributed by atoms with E-state index in [1.54, 1.807) is 12.1 Å². The Morgan fingerprint density at radius 3 is 2.73 bits per heavy atom. The normalized spacial score (nSPS) is 10.0. The summed E-state index contributed by atoms with van der Waals surface area (Å²) in [5, 5.41) is 2.69. The molecule has 0 radical (unpaired) electrons. The van der Waals surface area contributed by atoms with Crippen LogP contribution >= 0.6 is 22.6 Å². The zero-order valence-electron chi connectivity index (χ0n) is 8.30. The summed E-state index contributed by atoms with van der Waals surface area (Å²) in [7, 11) is 0. The SMILES string of the molecule is O=C(NCCCCI)c1ccccc1F. The lowest BCUT2D eigenvalue weighted by Crippen LogP contribution is -2.25. The Morgan fingerprint density at radius 1 is 1.33 bits per heavy atom. The first-order chi connectivity index (χ1) is 7.25. The van der Waals surface area contributed by atoms with E-state index in [9.17, 15) is 9.18 Å². The van der Waals surface area contributed by atoms with Crippen molar-refractivity contribution in [3.8, 4) is 0 Å². The molecule has 0 aliphatic heterocycles. The van der Waals surface area contributed by atoms with E-state index in [0.29, 0.717) is 6.54 Å². The van der Waals surface area contributed by atoms with E-state index in [2.05, 4.69) is 27.9 Å². The van der Waals surface area contributed by atoms with Gasteiger partial charge in [0.15, 0.2) is 0 Å². The Hall–Kier alpha value is -0.650. The molecule has 0 unspecified atom stereocenters.